The molecule has 2 aliphatic heterocycles. The monoisotopic (exact) mass is 334 g/mol. The number of anilines is 1. The maximum Gasteiger partial charge on any atom is 0.419 e. The summed E-state index contributed by atoms with van der Waals surface area (Å²) in [6, 6.07) is 8.58. The van der Waals surface area contributed by atoms with Gasteiger partial charge in [-0.15, -0.1) is 0 Å². The van der Waals surface area contributed by atoms with Crippen molar-refractivity contribution < 1.29 is 13.2 Å². The average molecular weight is 334 g/mol. The first kappa shape index (κ1) is 15.4. The quantitative estimate of drug-likeness (QED) is 0.864. The van der Waals surface area contributed by atoms with E-state index in [2.05, 4.69) is 14.9 Å². The number of alkyl halides is 3. The van der Waals surface area contributed by atoms with Gasteiger partial charge in [-0.05, 0) is 30.7 Å². The Bertz CT molecular complexity index is 719. The van der Waals surface area contributed by atoms with Crippen molar-refractivity contribution in [2.24, 2.45) is 0 Å². The molecule has 0 amide bonds. The molecular weight excluding hydrogens is 317 g/mol. The molecule has 4 rings (SSSR count). The Morgan fingerprint density at radius 1 is 1.00 bits per heavy atom. The van der Waals surface area contributed by atoms with E-state index in [4.69, 9.17) is 0 Å². The van der Waals surface area contributed by atoms with Gasteiger partial charge in [-0.2, -0.15) is 13.2 Å². The zero-order valence-corrected chi connectivity index (χ0v) is 12.9. The Labute approximate surface area is 137 Å². The molecule has 0 aromatic carbocycles. The van der Waals surface area contributed by atoms with E-state index in [1.54, 1.807) is 6.20 Å². The molecule has 2 aromatic heterocycles. The Balaban J connectivity index is 1.51. The smallest absolute Gasteiger partial charge is 0.350 e. The first-order valence-corrected chi connectivity index (χ1v) is 7.95. The van der Waals surface area contributed by atoms with Crippen LogP contribution >= 0.6 is 0 Å². The van der Waals surface area contributed by atoms with E-state index in [9.17, 15) is 13.2 Å². The lowest BCUT2D eigenvalue weighted by Crippen LogP contribution is -2.46. The van der Waals surface area contributed by atoms with Crippen LogP contribution < -0.4 is 4.90 Å². The average Bonchev–Trinajstić information content (AvgIpc) is 3.15. The fourth-order valence-corrected chi connectivity index (χ4v) is 3.75. The van der Waals surface area contributed by atoms with Crippen molar-refractivity contribution in [2.45, 2.75) is 31.2 Å². The highest BCUT2D eigenvalue weighted by Gasteiger charge is 2.46. The van der Waals surface area contributed by atoms with Crippen LogP contribution in [0.3, 0.4) is 0 Å². The number of fused-ring (bicyclic) bond motifs is 2. The van der Waals surface area contributed by atoms with Crippen LogP contribution in [0.4, 0.5) is 19.0 Å². The lowest BCUT2D eigenvalue weighted by molar-refractivity contribution is -0.137. The van der Waals surface area contributed by atoms with Gasteiger partial charge in [0.25, 0.3) is 0 Å². The molecule has 4 heterocycles. The van der Waals surface area contributed by atoms with Crippen LogP contribution in [0.25, 0.3) is 0 Å². The highest BCUT2D eigenvalue weighted by molar-refractivity contribution is 5.51. The molecule has 0 N–H and O–H groups in total. The third-order valence-corrected chi connectivity index (χ3v) is 4.81. The van der Waals surface area contributed by atoms with Crippen LogP contribution in [0, 0.1) is 0 Å². The number of aromatic nitrogens is 2. The summed E-state index contributed by atoms with van der Waals surface area (Å²) in [5, 5.41) is 0. The van der Waals surface area contributed by atoms with Gasteiger partial charge in [0.2, 0.25) is 0 Å². The van der Waals surface area contributed by atoms with Crippen molar-refractivity contribution in [1.29, 1.82) is 0 Å². The van der Waals surface area contributed by atoms with Gasteiger partial charge in [-0.1, -0.05) is 6.07 Å². The van der Waals surface area contributed by atoms with E-state index < -0.39 is 11.7 Å². The van der Waals surface area contributed by atoms with Gasteiger partial charge in [0.1, 0.15) is 5.82 Å². The Hall–Kier alpha value is -2.15. The maximum absolute atomic E-state index is 13.2. The zero-order valence-electron chi connectivity index (χ0n) is 12.9. The van der Waals surface area contributed by atoms with E-state index in [0.717, 1.165) is 31.3 Å². The van der Waals surface area contributed by atoms with Crippen LogP contribution in [0.5, 0.6) is 0 Å². The largest absolute Gasteiger partial charge is 0.419 e. The zero-order chi connectivity index (χ0) is 16.7. The maximum atomic E-state index is 13.2. The summed E-state index contributed by atoms with van der Waals surface area (Å²) in [6.45, 7) is 2.07. The highest BCUT2D eigenvalue weighted by atomic mass is 19.4. The number of likely N-dealkylation sites (tertiary alicyclic amines) is 1. The van der Waals surface area contributed by atoms with Gasteiger partial charge < -0.3 is 4.90 Å². The number of nitrogens with zero attached hydrogens (tertiary/aromatic N) is 4. The minimum Gasteiger partial charge on any atom is -0.350 e. The lowest BCUT2D eigenvalue weighted by atomic mass is 10.2. The number of hydrogen-bond donors (Lipinski definition) is 0. The molecule has 2 fully saturated rings. The Kier molecular flexibility index (Phi) is 3.68. The minimum atomic E-state index is -4.38. The van der Waals surface area contributed by atoms with E-state index in [1.807, 2.05) is 23.1 Å². The van der Waals surface area contributed by atoms with Crippen LogP contribution in [0.15, 0.2) is 42.7 Å². The summed E-state index contributed by atoms with van der Waals surface area (Å²) in [5.74, 6) is 0.0648. The number of halogens is 3. The Morgan fingerprint density at radius 3 is 2.50 bits per heavy atom. The predicted octanol–water partition coefficient (Wildman–Crippen LogP) is 2.96. The number of rotatable bonds is 3. The summed E-state index contributed by atoms with van der Waals surface area (Å²) >= 11 is 0. The molecular formula is C17H17F3N4. The second-order valence-electron chi connectivity index (χ2n) is 6.32. The van der Waals surface area contributed by atoms with Crippen molar-refractivity contribution >= 4 is 5.82 Å². The van der Waals surface area contributed by atoms with Crippen LogP contribution in [0.2, 0.25) is 0 Å². The topological polar surface area (TPSA) is 32.3 Å². The van der Waals surface area contributed by atoms with Crippen molar-refractivity contribution in [3.05, 3.63) is 54.0 Å². The summed E-state index contributed by atoms with van der Waals surface area (Å²) in [5.41, 5.74) is 0.347. The molecule has 0 spiro atoms. The summed E-state index contributed by atoms with van der Waals surface area (Å²) in [4.78, 5) is 12.5. The molecule has 2 aromatic rings. The van der Waals surface area contributed by atoms with Gasteiger partial charge in [0, 0.05) is 44.1 Å². The van der Waals surface area contributed by atoms with Crippen LogP contribution in [0.1, 0.15) is 17.7 Å². The third-order valence-electron chi connectivity index (χ3n) is 4.81. The van der Waals surface area contributed by atoms with E-state index in [0.29, 0.717) is 6.54 Å². The molecule has 0 radical (unpaired) electrons. The molecule has 4 nitrogen and oxygen atoms in total. The molecule has 2 atom stereocenters. The molecule has 2 aliphatic rings. The van der Waals surface area contributed by atoms with E-state index >= 15 is 0 Å². The van der Waals surface area contributed by atoms with E-state index in [-0.39, 0.29) is 17.9 Å². The van der Waals surface area contributed by atoms with Gasteiger partial charge in [-0.25, -0.2) is 4.98 Å². The van der Waals surface area contributed by atoms with Gasteiger partial charge >= 0.3 is 6.18 Å². The van der Waals surface area contributed by atoms with Gasteiger partial charge in [0.15, 0.2) is 0 Å². The summed E-state index contributed by atoms with van der Waals surface area (Å²) in [6.07, 6.45) is -0.304. The summed E-state index contributed by atoms with van der Waals surface area (Å²) < 4.78 is 39.7. The number of pyridine rings is 2. The first-order valence-electron chi connectivity index (χ1n) is 7.95. The van der Waals surface area contributed by atoms with Crippen molar-refractivity contribution in [2.75, 3.05) is 18.0 Å². The van der Waals surface area contributed by atoms with E-state index in [1.165, 1.54) is 12.3 Å². The SMILES string of the molecule is FC(F)(F)c1cccnc1N1CC2CC1CN2Cc1ccccn1. The Morgan fingerprint density at radius 2 is 1.83 bits per heavy atom. The molecule has 0 saturated carbocycles. The molecule has 0 aliphatic carbocycles. The molecule has 126 valence electrons. The minimum absolute atomic E-state index is 0.0648. The number of hydrogen-bond acceptors (Lipinski definition) is 4. The molecule has 7 heteroatoms. The molecule has 2 saturated heterocycles. The third kappa shape index (κ3) is 2.73. The fraction of sp³-hybridized carbons (Fsp3) is 0.412. The fourth-order valence-electron chi connectivity index (χ4n) is 3.75. The van der Waals surface area contributed by atoms with Crippen LogP contribution in [-0.2, 0) is 12.7 Å². The molecule has 2 unspecified atom stereocenters. The standard InChI is InChI=1S/C17H17F3N4/c18-17(19,20)15-5-3-7-22-16(15)24-11-13-8-14(24)10-23(13)9-12-4-1-2-6-21-12/h1-7,13-14H,8-11H2. The first-order chi connectivity index (χ1) is 11.5. The second kappa shape index (κ2) is 5.73. The van der Waals surface area contributed by atoms with Crippen molar-refractivity contribution in [3.63, 3.8) is 0 Å². The number of piperazine rings is 1. The molecule has 24 heavy (non-hydrogen) atoms. The normalized spacial score (nSPS) is 23.9. The van der Waals surface area contributed by atoms with Crippen LogP contribution in [-0.4, -0.2) is 40.0 Å². The second-order valence-corrected chi connectivity index (χ2v) is 6.32. The molecule has 2 bridgehead atoms. The predicted molar refractivity (Wildman–Crippen MR) is 83.4 cm³/mol. The van der Waals surface area contributed by atoms with Crippen molar-refractivity contribution in [1.82, 2.24) is 14.9 Å². The lowest BCUT2D eigenvalue weighted by Gasteiger charge is -2.35. The highest BCUT2D eigenvalue weighted by Crippen LogP contribution is 2.40. The summed E-state index contributed by atoms with van der Waals surface area (Å²) in [7, 11) is 0. The van der Waals surface area contributed by atoms with Crippen molar-refractivity contribution in [3.8, 4) is 0 Å². The van der Waals surface area contributed by atoms with Gasteiger partial charge in [0.05, 0.1) is 11.3 Å². The van der Waals surface area contributed by atoms with Gasteiger partial charge in [-0.3, -0.25) is 9.88 Å².